The number of ketones is 1. The van der Waals surface area contributed by atoms with Crippen LogP contribution in [0.5, 0.6) is 11.5 Å². The molecule has 46 heavy (non-hydrogen) atoms. The Hall–Kier alpha value is -5.37. The van der Waals surface area contributed by atoms with E-state index in [4.69, 9.17) is 14.2 Å². The smallest absolute Gasteiger partial charge is 0.316 e. The lowest BCUT2D eigenvalue weighted by atomic mass is 9.96. The van der Waals surface area contributed by atoms with Gasteiger partial charge >= 0.3 is 5.97 Å². The van der Waals surface area contributed by atoms with Gasteiger partial charge in [0, 0.05) is 17.7 Å². The highest BCUT2D eigenvalue weighted by atomic mass is 16.5. The van der Waals surface area contributed by atoms with E-state index in [0.29, 0.717) is 26.1 Å². The summed E-state index contributed by atoms with van der Waals surface area (Å²) in [4.78, 5) is 35.2. The van der Waals surface area contributed by atoms with E-state index in [1.54, 1.807) is 6.92 Å². The fourth-order valence-corrected chi connectivity index (χ4v) is 4.67. The van der Waals surface area contributed by atoms with Gasteiger partial charge in [0.15, 0.2) is 0 Å². The first-order valence-corrected chi connectivity index (χ1v) is 15.3. The number of hydrogen-bond acceptors (Lipinski definition) is 6. The summed E-state index contributed by atoms with van der Waals surface area (Å²) in [5.74, 6) is 0.179. The van der Waals surface area contributed by atoms with Crippen LogP contribution in [-0.4, -0.2) is 28.6 Å². The quantitative estimate of drug-likeness (QED) is 0.111. The van der Waals surface area contributed by atoms with Gasteiger partial charge in [-0.15, -0.1) is 0 Å². The molecule has 0 aliphatic heterocycles. The van der Waals surface area contributed by atoms with Gasteiger partial charge in [0.05, 0.1) is 6.61 Å². The summed E-state index contributed by atoms with van der Waals surface area (Å²) in [5, 5.41) is 5.45. The van der Waals surface area contributed by atoms with Crippen LogP contribution in [-0.2, 0) is 40.4 Å². The Kier molecular flexibility index (Phi) is 12.5. The van der Waals surface area contributed by atoms with Gasteiger partial charge in [-0.25, -0.2) is 0 Å². The molecule has 8 heteroatoms. The molecule has 0 spiro atoms. The van der Waals surface area contributed by atoms with Gasteiger partial charge in [0.1, 0.15) is 36.4 Å². The zero-order chi connectivity index (χ0) is 32.7. The Labute approximate surface area is 269 Å². The number of esters is 1. The van der Waals surface area contributed by atoms with Gasteiger partial charge in [-0.1, -0.05) is 84.9 Å². The molecule has 1 atom stereocenters. The lowest BCUT2D eigenvalue weighted by Gasteiger charge is -2.13. The standard InChI is InChI=1S/C20H22O4.C18H18N2O2/c1-3-23-20(22)19(15(2)21)13-16-9-11-18(12-10-16)24-14-17-7-5-4-6-8-17;1-13-17(18(21)20-19-13)11-14-7-9-16(10-8-14)22-12-15-5-3-2-4-6-15/h4-12,19H,3,13-14H2,1-2H3;2-10H,11-12H2,1H3,(H2,19,20,21). The van der Waals surface area contributed by atoms with Gasteiger partial charge in [0.2, 0.25) is 0 Å². The summed E-state index contributed by atoms with van der Waals surface area (Å²) >= 11 is 0. The predicted octanol–water partition coefficient (Wildman–Crippen LogP) is 6.76. The third-order valence-corrected chi connectivity index (χ3v) is 7.32. The fourth-order valence-electron chi connectivity index (χ4n) is 4.67. The Morgan fingerprint density at radius 1 is 0.674 bits per heavy atom. The minimum absolute atomic E-state index is 0.0538. The SMILES string of the molecule is CCOC(=O)C(Cc1ccc(OCc2ccccc2)cc1)C(C)=O.Cc1[nH][nH]c(=O)c1Cc1ccc(OCc2ccccc2)cc1. The average Bonchev–Trinajstić information content (AvgIpc) is 3.40. The summed E-state index contributed by atoms with van der Waals surface area (Å²) in [6, 6.07) is 35.3. The van der Waals surface area contributed by atoms with E-state index < -0.39 is 11.9 Å². The highest BCUT2D eigenvalue weighted by Gasteiger charge is 2.24. The minimum Gasteiger partial charge on any atom is -0.489 e. The van der Waals surface area contributed by atoms with Crippen molar-refractivity contribution in [1.82, 2.24) is 10.2 Å². The van der Waals surface area contributed by atoms with Crippen LogP contribution in [0.1, 0.15) is 47.4 Å². The van der Waals surface area contributed by atoms with Gasteiger partial charge in [-0.3, -0.25) is 19.5 Å². The molecule has 2 N–H and O–H groups in total. The molecule has 0 aliphatic rings. The van der Waals surface area contributed by atoms with E-state index in [0.717, 1.165) is 45.0 Å². The van der Waals surface area contributed by atoms with Crippen molar-refractivity contribution in [2.45, 2.75) is 46.8 Å². The van der Waals surface area contributed by atoms with Crippen LogP contribution in [0.3, 0.4) is 0 Å². The molecular formula is C38H40N2O6. The number of carbonyl (C=O) groups excluding carboxylic acids is 2. The number of ether oxygens (including phenoxy) is 3. The molecule has 0 bridgehead atoms. The third-order valence-electron chi connectivity index (χ3n) is 7.32. The van der Waals surface area contributed by atoms with Crippen LogP contribution in [0.15, 0.2) is 114 Å². The number of aromatic amines is 2. The Balaban J connectivity index is 0.000000209. The fraction of sp³-hybridized carbons (Fsp3) is 0.237. The number of nitrogens with one attached hydrogen (secondary N) is 2. The topological polar surface area (TPSA) is 110 Å². The number of carbonyl (C=O) groups is 2. The predicted molar refractivity (Wildman–Crippen MR) is 178 cm³/mol. The highest BCUT2D eigenvalue weighted by Crippen LogP contribution is 2.19. The molecule has 8 nitrogen and oxygen atoms in total. The lowest BCUT2D eigenvalue weighted by Crippen LogP contribution is -2.26. The zero-order valence-electron chi connectivity index (χ0n) is 26.5. The molecule has 1 unspecified atom stereocenters. The van der Waals surface area contributed by atoms with Crippen molar-refractivity contribution < 1.29 is 23.8 Å². The second-order valence-corrected chi connectivity index (χ2v) is 10.8. The van der Waals surface area contributed by atoms with Crippen molar-refractivity contribution in [3.63, 3.8) is 0 Å². The molecule has 4 aromatic carbocycles. The van der Waals surface area contributed by atoms with E-state index in [9.17, 15) is 14.4 Å². The molecule has 0 radical (unpaired) electrons. The second kappa shape index (κ2) is 17.2. The van der Waals surface area contributed by atoms with Gasteiger partial charge < -0.3 is 19.3 Å². The number of benzene rings is 4. The number of hydrogen-bond donors (Lipinski definition) is 2. The molecule has 0 saturated heterocycles. The maximum Gasteiger partial charge on any atom is 0.316 e. The van der Waals surface area contributed by atoms with Crippen LogP contribution in [0, 0.1) is 12.8 Å². The first kappa shape index (κ1) is 33.5. The van der Waals surface area contributed by atoms with Crippen LogP contribution < -0.4 is 15.0 Å². The van der Waals surface area contributed by atoms with Gasteiger partial charge in [-0.05, 0) is 73.7 Å². The van der Waals surface area contributed by atoms with Crippen LogP contribution in [0.25, 0.3) is 0 Å². The van der Waals surface area contributed by atoms with Gasteiger partial charge in [-0.2, -0.15) is 0 Å². The van der Waals surface area contributed by atoms with Crippen molar-refractivity contribution in [3.8, 4) is 11.5 Å². The normalized spacial score (nSPS) is 11.1. The number of aromatic nitrogens is 2. The molecule has 5 aromatic rings. The maximum absolute atomic E-state index is 11.8. The van der Waals surface area contributed by atoms with Crippen LogP contribution in [0.4, 0.5) is 0 Å². The Morgan fingerprint density at radius 2 is 1.17 bits per heavy atom. The molecular weight excluding hydrogens is 580 g/mol. The average molecular weight is 621 g/mol. The number of rotatable bonds is 13. The van der Waals surface area contributed by atoms with E-state index in [2.05, 4.69) is 10.2 Å². The zero-order valence-corrected chi connectivity index (χ0v) is 26.5. The van der Waals surface area contributed by atoms with E-state index in [1.807, 2.05) is 116 Å². The number of Topliss-reactive ketones (excluding diaryl/α,β-unsaturated/α-hetero) is 1. The molecule has 1 aromatic heterocycles. The summed E-state index contributed by atoms with van der Waals surface area (Å²) in [5.41, 5.74) is 5.83. The summed E-state index contributed by atoms with van der Waals surface area (Å²) < 4.78 is 16.4. The molecule has 1 heterocycles. The summed E-state index contributed by atoms with van der Waals surface area (Å²) in [7, 11) is 0. The minimum atomic E-state index is -0.749. The first-order valence-electron chi connectivity index (χ1n) is 15.3. The molecule has 0 amide bonds. The molecule has 238 valence electrons. The Morgan fingerprint density at radius 3 is 1.61 bits per heavy atom. The van der Waals surface area contributed by atoms with Crippen LogP contribution >= 0.6 is 0 Å². The number of aryl methyl sites for hydroxylation is 1. The molecule has 0 aliphatic carbocycles. The Bertz CT molecular complexity index is 1710. The van der Waals surface area contributed by atoms with Crippen LogP contribution in [0.2, 0.25) is 0 Å². The summed E-state index contributed by atoms with van der Waals surface area (Å²) in [6.07, 6.45) is 0.955. The third kappa shape index (κ3) is 10.4. The van der Waals surface area contributed by atoms with Gasteiger partial charge in [0.25, 0.3) is 5.56 Å². The maximum atomic E-state index is 11.8. The van der Waals surface area contributed by atoms with Crippen molar-refractivity contribution in [3.05, 3.63) is 153 Å². The van der Waals surface area contributed by atoms with Crippen molar-refractivity contribution in [1.29, 1.82) is 0 Å². The largest absolute Gasteiger partial charge is 0.489 e. The van der Waals surface area contributed by atoms with E-state index in [1.165, 1.54) is 6.92 Å². The number of H-pyrrole nitrogens is 2. The molecule has 0 fully saturated rings. The second-order valence-electron chi connectivity index (χ2n) is 10.8. The monoisotopic (exact) mass is 620 g/mol. The highest BCUT2D eigenvalue weighted by molar-refractivity contribution is 5.98. The summed E-state index contributed by atoms with van der Waals surface area (Å²) in [6.45, 7) is 6.36. The molecule has 0 saturated carbocycles. The van der Waals surface area contributed by atoms with E-state index in [-0.39, 0.29) is 17.9 Å². The van der Waals surface area contributed by atoms with Crippen molar-refractivity contribution >= 4 is 11.8 Å². The lowest BCUT2D eigenvalue weighted by molar-refractivity contribution is -0.151. The molecule has 5 rings (SSSR count). The first-order chi connectivity index (χ1) is 22.3. The van der Waals surface area contributed by atoms with Crippen molar-refractivity contribution in [2.75, 3.05) is 6.61 Å². The van der Waals surface area contributed by atoms with E-state index >= 15 is 0 Å². The van der Waals surface area contributed by atoms with Crippen molar-refractivity contribution in [2.24, 2.45) is 5.92 Å².